The van der Waals surface area contributed by atoms with Gasteiger partial charge < -0.3 is 10.2 Å². The molecule has 0 aromatic heterocycles. The maximum Gasteiger partial charge on any atom is 0.248 e. The molecule has 1 aliphatic rings. The molecule has 3 rings (SSSR count). The van der Waals surface area contributed by atoms with Gasteiger partial charge in [-0.05, 0) is 36.2 Å². The van der Waals surface area contributed by atoms with Gasteiger partial charge in [-0.25, -0.2) is 8.78 Å². The minimum absolute atomic E-state index is 0.0737. The fourth-order valence-electron chi connectivity index (χ4n) is 3.05. The quantitative estimate of drug-likeness (QED) is 0.826. The van der Waals surface area contributed by atoms with Gasteiger partial charge in [0.2, 0.25) is 11.8 Å². The van der Waals surface area contributed by atoms with Crippen LogP contribution in [-0.2, 0) is 9.59 Å². The van der Waals surface area contributed by atoms with E-state index in [-0.39, 0.29) is 18.0 Å². The van der Waals surface area contributed by atoms with Gasteiger partial charge in [-0.15, -0.1) is 11.8 Å². The van der Waals surface area contributed by atoms with Crippen molar-refractivity contribution in [2.75, 3.05) is 11.1 Å². The summed E-state index contributed by atoms with van der Waals surface area (Å²) in [6.07, 6.45) is 0.924. The van der Waals surface area contributed by atoms with Crippen LogP contribution in [0.5, 0.6) is 0 Å². The summed E-state index contributed by atoms with van der Waals surface area (Å²) in [5.74, 6) is -1.20. The average molecular weight is 390 g/mol. The summed E-state index contributed by atoms with van der Waals surface area (Å²) in [5, 5.41) is 2.12. The van der Waals surface area contributed by atoms with Crippen molar-refractivity contribution in [3.63, 3.8) is 0 Å². The second-order valence-corrected chi connectivity index (χ2v) is 7.39. The number of rotatable bonds is 5. The summed E-state index contributed by atoms with van der Waals surface area (Å²) >= 11 is 1.40. The van der Waals surface area contributed by atoms with Gasteiger partial charge in [-0.3, -0.25) is 9.59 Å². The third-order valence-electron chi connectivity index (χ3n) is 4.32. The van der Waals surface area contributed by atoms with Crippen molar-refractivity contribution < 1.29 is 18.4 Å². The molecule has 2 amide bonds. The molecule has 0 radical (unpaired) electrons. The summed E-state index contributed by atoms with van der Waals surface area (Å²) in [7, 11) is 0. The lowest BCUT2D eigenvalue weighted by atomic mass is 10.1. The molecule has 0 spiro atoms. The molecule has 0 aliphatic carbocycles. The fourth-order valence-corrected chi connectivity index (χ4v) is 4.49. The molecule has 1 aliphatic heterocycles. The lowest BCUT2D eigenvalue weighted by Gasteiger charge is -2.29. The topological polar surface area (TPSA) is 49.4 Å². The molecular formula is C20H20F2N2O2S. The molecule has 2 unspecified atom stereocenters. The lowest BCUT2D eigenvalue weighted by molar-refractivity contribution is -0.138. The number of thioether (sulfide) groups is 1. The van der Waals surface area contributed by atoms with E-state index in [0.717, 1.165) is 0 Å². The molecule has 1 heterocycles. The van der Waals surface area contributed by atoms with Crippen molar-refractivity contribution >= 4 is 29.3 Å². The third-order valence-corrected chi connectivity index (χ3v) is 5.64. The normalized spacial score (nSPS) is 19.1. The molecular weight excluding hydrogens is 370 g/mol. The SMILES string of the molecule is CCCC(=O)N1C(C(=O)Nc2ccccc2F)CSC1c1cccc(F)c1. The van der Waals surface area contributed by atoms with Gasteiger partial charge >= 0.3 is 0 Å². The standard InChI is InChI=1S/C20H20F2N2O2S/c1-2-6-18(25)24-17(19(26)23-16-10-4-3-9-15(16)22)12-27-20(24)13-7-5-8-14(21)11-13/h3-5,7-11,17,20H,2,6,12H2,1H3,(H,23,26). The number of para-hydroxylation sites is 1. The van der Waals surface area contributed by atoms with Crippen LogP contribution >= 0.6 is 11.8 Å². The molecule has 4 nitrogen and oxygen atoms in total. The number of carbonyl (C=O) groups excluding carboxylic acids is 2. The molecule has 7 heteroatoms. The monoisotopic (exact) mass is 390 g/mol. The highest BCUT2D eigenvalue weighted by molar-refractivity contribution is 7.99. The Morgan fingerprint density at radius 1 is 1.19 bits per heavy atom. The van der Waals surface area contributed by atoms with Crippen LogP contribution in [-0.4, -0.2) is 28.5 Å². The molecule has 1 saturated heterocycles. The van der Waals surface area contributed by atoms with Crippen molar-refractivity contribution in [1.82, 2.24) is 4.90 Å². The molecule has 27 heavy (non-hydrogen) atoms. The van der Waals surface area contributed by atoms with E-state index in [2.05, 4.69) is 5.32 Å². The number of anilines is 1. The maximum absolute atomic E-state index is 13.9. The van der Waals surface area contributed by atoms with E-state index >= 15 is 0 Å². The Bertz CT molecular complexity index is 846. The van der Waals surface area contributed by atoms with Crippen LogP contribution in [0.15, 0.2) is 48.5 Å². The number of carbonyl (C=O) groups is 2. The van der Waals surface area contributed by atoms with E-state index in [1.54, 1.807) is 18.2 Å². The number of nitrogens with zero attached hydrogens (tertiary/aromatic N) is 1. The second kappa shape index (κ2) is 8.52. The van der Waals surface area contributed by atoms with Crippen LogP contribution in [0, 0.1) is 11.6 Å². The summed E-state index contributed by atoms with van der Waals surface area (Å²) in [6.45, 7) is 1.88. The van der Waals surface area contributed by atoms with Crippen molar-refractivity contribution in [3.8, 4) is 0 Å². The third kappa shape index (κ3) is 4.30. The van der Waals surface area contributed by atoms with Gasteiger partial charge in [0.15, 0.2) is 0 Å². The zero-order chi connectivity index (χ0) is 19.4. The van der Waals surface area contributed by atoms with Gasteiger partial charge in [0, 0.05) is 12.2 Å². The Morgan fingerprint density at radius 3 is 2.67 bits per heavy atom. The van der Waals surface area contributed by atoms with E-state index in [0.29, 0.717) is 17.7 Å². The summed E-state index contributed by atoms with van der Waals surface area (Å²) < 4.78 is 27.5. The lowest BCUT2D eigenvalue weighted by Crippen LogP contribution is -2.45. The number of benzene rings is 2. The predicted octanol–water partition coefficient (Wildman–Crippen LogP) is 4.35. The van der Waals surface area contributed by atoms with Gasteiger partial charge in [0.05, 0.1) is 5.69 Å². The Hall–Kier alpha value is -2.41. The molecule has 1 N–H and O–H groups in total. The first kappa shape index (κ1) is 19.4. The van der Waals surface area contributed by atoms with E-state index in [1.807, 2.05) is 6.92 Å². The highest BCUT2D eigenvalue weighted by atomic mass is 32.2. The molecule has 0 bridgehead atoms. The highest BCUT2D eigenvalue weighted by Crippen LogP contribution is 2.42. The Balaban J connectivity index is 1.86. The fraction of sp³-hybridized carbons (Fsp3) is 0.300. The number of hydrogen-bond acceptors (Lipinski definition) is 3. The molecule has 2 aromatic carbocycles. The van der Waals surface area contributed by atoms with E-state index in [9.17, 15) is 18.4 Å². The maximum atomic E-state index is 13.9. The largest absolute Gasteiger partial charge is 0.322 e. The Morgan fingerprint density at radius 2 is 1.96 bits per heavy atom. The molecule has 0 saturated carbocycles. The zero-order valence-corrected chi connectivity index (χ0v) is 15.6. The summed E-state index contributed by atoms with van der Waals surface area (Å²) in [5.41, 5.74) is 0.704. The van der Waals surface area contributed by atoms with Gasteiger partial charge in [-0.2, -0.15) is 0 Å². The number of amides is 2. The summed E-state index contributed by atoms with van der Waals surface area (Å²) in [4.78, 5) is 27.0. The van der Waals surface area contributed by atoms with Crippen LogP contribution in [0.1, 0.15) is 30.7 Å². The van der Waals surface area contributed by atoms with E-state index in [1.165, 1.54) is 47.0 Å². The second-order valence-electron chi connectivity index (χ2n) is 6.28. The average Bonchev–Trinajstić information content (AvgIpc) is 3.09. The minimum atomic E-state index is -0.748. The minimum Gasteiger partial charge on any atom is -0.322 e. The van der Waals surface area contributed by atoms with Crippen molar-refractivity contribution in [1.29, 1.82) is 0 Å². The van der Waals surface area contributed by atoms with Crippen LogP contribution in [0.25, 0.3) is 0 Å². The van der Waals surface area contributed by atoms with Crippen molar-refractivity contribution in [2.45, 2.75) is 31.2 Å². The smallest absolute Gasteiger partial charge is 0.248 e. The van der Waals surface area contributed by atoms with Crippen molar-refractivity contribution in [2.24, 2.45) is 0 Å². The van der Waals surface area contributed by atoms with Gasteiger partial charge in [0.1, 0.15) is 23.1 Å². The van der Waals surface area contributed by atoms with Gasteiger partial charge in [-0.1, -0.05) is 31.2 Å². The predicted molar refractivity (Wildman–Crippen MR) is 102 cm³/mol. The number of nitrogens with one attached hydrogen (secondary N) is 1. The number of halogens is 2. The van der Waals surface area contributed by atoms with E-state index < -0.39 is 29.0 Å². The number of hydrogen-bond donors (Lipinski definition) is 1. The van der Waals surface area contributed by atoms with Crippen LogP contribution in [0.2, 0.25) is 0 Å². The summed E-state index contributed by atoms with van der Waals surface area (Å²) in [6, 6.07) is 11.2. The first-order valence-electron chi connectivity index (χ1n) is 8.75. The Labute approximate surface area is 160 Å². The van der Waals surface area contributed by atoms with Crippen LogP contribution in [0.3, 0.4) is 0 Å². The Kier molecular flexibility index (Phi) is 6.11. The van der Waals surface area contributed by atoms with Gasteiger partial charge in [0.25, 0.3) is 0 Å². The van der Waals surface area contributed by atoms with Crippen LogP contribution in [0.4, 0.5) is 14.5 Å². The van der Waals surface area contributed by atoms with Crippen LogP contribution < -0.4 is 5.32 Å². The molecule has 1 fully saturated rings. The highest BCUT2D eigenvalue weighted by Gasteiger charge is 2.42. The first-order chi connectivity index (χ1) is 13.0. The first-order valence-corrected chi connectivity index (χ1v) is 9.79. The van der Waals surface area contributed by atoms with E-state index in [4.69, 9.17) is 0 Å². The molecule has 142 valence electrons. The molecule has 2 atom stereocenters. The van der Waals surface area contributed by atoms with Crippen molar-refractivity contribution in [3.05, 3.63) is 65.7 Å². The zero-order valence-electron chi connectivity index (χ0n) is 14.8. The molecule has 2 aromatic rings.